The number of hydrogen-bond acceptors (Lipinski definition) is 5. The van der Waals surface area contributed by atoms with E-state index in [2.05, 4.69) is 20.8 Å². The number of carbonyl (C=O) groups is 3. The summed E-state index contributed by atoms with van der Waals surface area (Å²) in [5.41, 5.74) is 1.01. The van der Waals surface area contributed by atoms with E-state index in [1.807, 2.05) is 6.08 Å². The summed E-state index contributed by atoms with van der Waals surface area (Å²) < 4.78 is 10.8. The molecule has 3 aliphatic carbocycles. The maximum absolute atomic E-state index is 13.3. The summed E-state index contributed by atoms with van der Waals surface area (Å²) >= 11 is 0. The second-order valence-corrected chi connectivity index (χ2v) is 8.70. The molecule has 0 aliphatic heterocycles. The van der Waals surface area contributed by atoms with Crippen LogP contribution in [0.3, 0.4) is 0 Å². The van der Waals surface area contributed by atoms with Gasteiger partial charge < -0.3 is 9.47 Å². The summed E-state index contributed by atoms with van der Waals surface area (Å²) in [7, 11) is 1.40. The molecule has 1 fully saturated rings. The van der Waals surface area contributed by atoms with E-state index in [0.717, 1.165) is 24.8 Å². The van der Waals surface area contributed by atoms with E-state index >= 15 is 0 Å². The van der Waals surface area contributed by atoms with Crippen molar-refractivity contribution in [3.8, 4) is 0 Å². The molecule has 4 atom stereocenters. The van der Waals surface area contributed by atoms with E-state index in [-0.39, 0.29) is 22.7 Å². The summed E-state index contributed by atoms with van der Waals surface area (Å²) in [5, 5.41) is 0. The van der Waals surface area contributed by atoms with Crippen LogP contribution in [0.2, 0.25) is 0 Å². The van der Waals surface area contributed by atoms with Gasteiger partial charge >= 0.3 is 5.97 Å². The number of esters is 1. The molecule has 0 aromatic heterocycles. The molecule has 0 N–H and O–H groups in total. The Balaban J connectivity index is 2.23. The van der Waals surface area contributed by atoms with Crippen molar-refractivity contribution in [2.75, 3.05) is 7.11 Å². The lowest BCUT2D eigenvalue weighted by molar-refractivity contribution is -0.157. The fraction of sp³-hybridized carbons (Fsp3) is 0.667. The monoisotopic (exact) mass is 360 g/mol. The Morgan fingerprint density at radius 2 is 1.81 bits per heavy atom. The minimum absolute atomic E-state index is 0.0607. The highest BCUT2D eigenvalue weighted by Gasteiger charge is 2.60. The smallest absolute Gasteiger partial charge is 0.303 e. The highest BCUT2D eigenvalue weighted by Crippen LogP contribution is 2.60. The Labute approximate surface area is 154 Å². The fourth-order valence-corrected chi connectivity index (χ4v) is 5.52. The summed E-state index contributed by atoms with van der Waals surface area (Å²) in [5.74, 6) is -1.88. The van der Waals surface area contributed by atoms with Gasteiger partial charge in [0.2, 0.25) is 5.78 Å². The van der Waals surface area contributed by atoms with Gasteiger partial charge in [0.05, 0.1) is 13.0 Å². The number of Topliss-reactive ketones (excluding diaryl/α,β-unsaturated/α-hetero) is 2. The average Bonchev–Trinajstić information content (AvgIpc) is 2.53. The summed E-state index contributed by atoms with van der Waals surface area (Å²) in [4.78, 5) is 38.2. The lowest BCUT2D eigenvalue weighted by Crippen LogP contribution is -2.57. The Bertz CT molecular complexity index is 742. The van der Waals surface area contributed by atoms with Gasteiger partial charge in [0.25, 0.3) is 0 Å². The summed E-state index contributed by atoms with van der Waals surface area (Å²) in [6, 6.07) is 0. The molecule has 0 spiro atoms. The quantitative estimate of drug-likeness (QED) is 0.558. The van der Waals surface area contributed by atoms with Crippen LogP contribution in [0.15, 0.2) is 23.0 Å². The van der Waals surface area contributed by atoms with Gasteiger partial charge in [-0.05, 0) is 36.7 Å². The number of carbonyl (C=O) groups excluding carboxylic acids is 3. The molecule has 26 heavy (non-hydrogen) atoms. The van der Waals surface area contributed by atoms with Crippen LogP contribution < -0.4 is 0 Å². The summed E-state index contributed by atoms with van der Waals surface area (Å²) in [6.07, 6.45) is 4.08. The molecule has 5 heteroatoms. The van der Waals surface area contributed by atoms with Crippen LogP contribution in [0.25, 0.3) is 0 Å². The molecule has 1 saturated carbocycles. The maximum Gasteiger partial charge on any atom is 0.303 e. The number of rotatable bonds is 2. The Morgan fingerprint density at radius 3 is 2.38 bits per heavy atom. The molecule has 0 amide bonds. The normalized spacial score (nSPS) is 36.1. The third kappa shape index (κ3) is 2.55. The Kier molecular flexibility index (Phi) is 4.40. The molecule has 5 nitrogen and oxygen atoms in total. The number of allylic oxidation sites excluding steroid dienone is 3. The lowest BCUT2D eigenvalue weighted by Gasteiger charge is -2.55. The minimum Gasteiger partial charge on any atom is -0.493 e. The van der Waals surface area contributed by atoms with Crippen molar-refractivity contribution >= 4 is 17.5 Å². The maximum atomic E-state index is 13.3. The van der Waals surface area contributed by atoms with E-state index in [9.17, 15) is 14.4 Å². The Morgan fingerprint density at radius 1 is 1.15 bits per heavy atom. The van der Waals surface area contributed by atoms with Gasteiger partial charge in [-0.1, -0.05) is 32.8 Å². The highest BCUT2D eigenvalue weighted by atomic mass is 16.5. The summed E-state index contributed by atoms with van der Waals surface area (Å²) in [6.45, 7) is 9.42. The molecule has 0 heterocycles. The first-order valence-electron chi connectivity index (χ1n) is 9.28. The van der Waals surface area contributed by atoms with Crippen LogP contribution in [0.4, 0.5) is 0 Å². The second-order valence-electron chi connectivity index (χ2n) is 8.70. The van der Waals surface area contributed by atoms with Crippen molar-refractivity contribution in [3.63, 3.8) is 0 Å². The number of ether oxygens (including phenoxy) is 2. The fourth-order valence-electron chi connectivity index (χ4n) is 5.52. The molecule has 0 aromatic rings. The molecule has 3 aliphatic rings. The van der Waals surface area contributed by atoms with Crippen molar-refractivity contribution in [2.45, 2.75) is 60.0 Å². The standard InChI is InChI=1S/C21H28O5/c1-11-17(23)16-15(18(24)19(11)25-6)13(26-12(2)22)10-14-20(3,4)8-7-9-21(14,16)5/h10,13,15-16H,7-9H2,1-6H3/t13-,15-,16+,21+/m1/s1. The SMILES string of the molecule is COC1=C(C)C(=O)[C@@H]2[C@H](C1=O)[C@H](OC(C)=O)C=C1C(C)(C)CCC[C@@]12C. The lowest BCUT2D eigenvalue weighted by atomic mass is 9.48. The number of methoxy groups -OCH3 is 1. The zero-order valence-corrected chi connectivity index (χ0v) is 16.5. The van der Waals surface area contributed by atoms with E-state index < -0.39 is 29.3 Å². The minimum atomic E-state index is -0.729. The molecule has 0 saturated heterocycles. The van der Waals surface area contributed by atoms with Crippen LogP contribution >= 0.6 is 0 Å². The van der Waals surface area contributed by atoms with E-state index in [0.29, 0.717) is 5.57 Å². The predicted octanol–water partition coefficient (Wildman–Crippen LogP) is 3.38. The van der Waals surface area contributed by atoms with Crippen LogP contribution in [-0.4, -0.2) is 30.7 Å². The van der Waals surface area contributed by atoms with Crippen molar-refractivity contribution in [1.82, 2.24) is 0 Å². The first kappa shape index (κ1) is 18.9. The topological polar surface area (TPSA) is 69.7 Å². The molecule has 0 radical (unpaired) electrons. The van der Waals surface area contributed by atoms with Crippen molar-refractivity contribution in [2.24, 2.45) is 22.7 Å². The van der Waals surface area contributed by atoms with Crippen LogP contribution in [0.5, 0.6) is 0 Å². The van der Waals surface area contributed by atoms with Crippen molar-refractivity contribution in [1.29, 1.82) is 0 Å². The largest absolute Gasteiger partial charge is 0.493 e. The number of ketones is 2. The van der Waals surface area contributed by atoms with E-state index in [1.165, 1.54) is 14.0 Å². The molecule has 3 rings (SSSR count). The first-order chi connectivity index (χ1) is 12.0. The molecule has 0 aromatic carbocycles. The van der Waals surface area contributed by atoms with Gasteiger partial charge in [-0.2, -0.15) is 0 Å². The van der Waals surface area contributed by atoms with Gasteiger partial charge in [-0.15, -0.1) is 0 Å². The van der Waals surface area contributed by atoms with E-state index in [1.54, 1.807) is 6.92 Å². The van der Waals surface area contributed by atoms with Crippen LogP contribution in [0.1, 0.15) is 53.9 Å². The highest BCUT2D eigenvalue weighted by molar-refractivity contribution is 6.13. The van der Waals surface area contributed by atoms with Crippen LogP contribution in [-0.2, 0) is 23.9 Å². The third-order valence-electron chi connectivity index (χ3n) is 6.60. The van der Waals surface area contributed by atoms with Gasteiger partial charge in [0, 0.05) is 18.4 Å². The number of hydrogen-bond donors (Lipinski definition) is 0. The molecular weight excluding hydrogens is 332 g/mol. The molecule has 0 unspecified atom stereocenters. The zero-order valence-electron chi connectivity index (χ0n) is 16.5. The number of fused-ring (bicyclic) bond motifs is 3. The second kappa shape index (κ2) is 6.07. The van der Waals surface area contributed by atoms with Crippen molar-refractivity contribution in [3.05, 3.63) is 23.0 Å². The zero-order chi connectivity index (χ0) is 19.4. The third-order valence-corrected chi connectivity index (χ3v) is 6.60. The van der Waals surface area contributed by atoms with Gasteiger partial charge in [-0.25, -0.2) is 0 Å². The first-order valence-corrected chi connectivity index (χ1v) is 9.28. The Hall–Kier alpha value is -1.91. The van der Waals surface area contributed by atoms with E-state index in [4.69, 9.17) is 9.47 Å². The van der Waals surface area contributed by atoms with Crippen molar-refractivity contribution < 1.29 is 23.9 Å². The van der Waals surface area contributed by atoms with Gasteiger partial charge in [0.1, 0.15) is 6.10 Å². The van der Waals surface area contributed by atoms with Gasteiger partial charge in [-0.3, -0.25) is 14.4 Å². The molecule has 0 bridgehead atoms. The average molecular weight is 360 g/mol. The van der Waals surface area contributed by atoms with Crippen LogP contribution in [0, 0.1) is 22.7 Å². The predicted molar refractivity (Wildman–Crippen MR) is 96.1 cm³/mol. The van der Waals surface area contributed by atoms with Gasteiger partial charge in [0.15, 0.2) is 11.5 Å². The molecule has 142 valence electrons. The molecular formula is C21H28O5.